The minimum atomic E-state index is 0.940. The van der Waals surface area contributed by atoms with Gasteiger partial charge in [-0.25, -0.2) is 9.98 Å². The predicted octanol–water partition coefficient (Wildman–Crippen LogP) is 4.83. The van der Waals surface area contributed by atoms with Gasteiger partial charge < -0.3 is 0 Å². The molecule has 1 aliphatic heterocycles. The molecule has 0 amide bonds. The lowest BCUT2D eigenvalue weighted by atomic mass is 9.88. The van der Waals surface area contributed by atoms with E-state index in [1.165, 1.54) is 44.5 Å². The van der Waals surface area contributed by atoms with Gasteiger partial charge in [0.1, 0.15) is 0 Å². The predicted molar refractivity (Wildman–Crippen MR) is 97.6 cm³/mol. The standard InChI is InChI=1S/C21H22N2/c1-12-7-14(3)18(15(4)8-12)20-21(23-11-22-20)19-16(5)9-13(2)10-17(19)6/h7-10H,1-6H3. The van der Waals surface area contributed by atoms with Crippen LogP contribution in [0.1, 0.15) is 44.5 Å². The summed E-state index contributed by atoms with van der Waals surface area (Å²) in [5, 5.41) is 0. The zero-order valence-corrected chi connectivity index (χ0v) is 14.7. The van der Waals surface area contributed by atoms with E-state index in [1.54, 1.807) is 0 Å². The van der Waals surface area contributed by atoms with Crippen molar-refractivity contribution in [2.45, 2.75) is 41.5 Å². The van der Waals surface area contributed by atoms with Gasteiger partial charge in [0, 0.05) is 11.1 Å². The van der Waals surface area contributed by atoms with Gasteiger partial charge in [-0.15, -0.1) is 0 Å². The fourth-order valence-electron chi connectivity index (χ4n) is 3.69. The van der Waals surface area contributed by atoms with Gasteiger partial charge in [-0.3, -0.25) is 0 Å². The second kappa shape index (κ2) is 5.77. The average molecular weight is 302 g/mol. The van der Waals surface area contributed by atoms with Crippen LogP contribution in [0.25, 0.3) is 0 Å². The number of hydrogen-bond acceptors (Lipinski definition) is 2. The maximum Gasteiger partial charge on any atom is 0.251 e. The summed E-state index contributed by atoms with van der Waals surface area (Å²) in [6, 6.07) is 8.82. The molecule has 0 saturated heterocycles. The molecule has 3 rings (SSSR count). The molecule has 0 spiro atoms. The minimum absolute atomic E-state index is 0.940. The summed E-state index contributed by atoms with van der Waals surface area (Å²) >= 11 is 0. The van der Waals surface area contributed by atoms with Crippen molar-refractivity contribution in [2.24, 2.45) is 9.98 Å². The molecular weight excluding hydrogens is 280 g/mol. The second-order valence-electron chi connectivity index (χ2n) is 6.57. The molecule has 0 aliphatic carbocycles. The third-order valence-corrected chi connectivity index (χ3v) is 4.38. The lowest BCUT2D eigenvalue weighted by molar-refractivity contribution is 1.26. The van der Waals surface area contributed by atoms with E-state index in [0.29, 0.717) is 0 Å². The second-order valence-corrected chi connectivity index (χ2v) is 6.57. The Morgan fingerprint density at radius 1 is 0.565 bits per heavy atom. The minimum Gasteiger partial charge on any atom is -0.243 e. The molecule has 2 heteroatoms. The van der Waals surface area contributed by atoms with Crippen molar-refractivity contribution in [3.63, 3.8) is 0 Å². The molecule has 2 aromatic rings. The van der Waals surface area contributed by atoms with Crippen LogP contribution in [0.2, 0.25) is 0 Å². The van der Waals surface area contributed by atoms with Gasteiger partial charge in [0.15, 0.2) is 0 Å². The first-order chi connectivity index (χ1) is 10.9. The molecular formula is C21H22N2. The van der Waals surface area contributed by atoms with Crippen LogP contribution in [0.4, 0.5) is 0 Å². The maximum absolute atomic E-state index is 4.48. The van der Waals surface area contributed by atoms with Gasteiger partial charge in [-0.2, -0.15) is 0 Å². The van der Waals surface area contributed by atoms with Crippen LogP contribution in [0.5, 0.6) is 0 Å². The topological polar surface area (TPSA) is 24.7 Å². The molecule has 0 bridgehead atoms. The SMILES string of the molecule is Cc1cc(C)c(C2=N[C]N=C2c2c(C)cc(C)cc2C)c(C)c1. The third-order valence-electron chi connectivity index (χ3n) is 4.38. The highest BCUT2D eigenvalue weighted by Crippen LogP contribution is 2.26. The largest absolute Gasteiger partial charge is 0.251 e. The van der Waals surface area contributed by atoms with Crippen molar-refractivity contribution < 1.29 is 0 Å². The number of rotatable bonds is 2. The highest BCUT2D eigenvalue weighted by atomic mass is 15.0. The van der Waals surface area contributed by atoms with Crippen LogP contribution in [-0.4, -0.2) is 11.4 Å². The molecule has 116 valence electrons. The van der Waals surface area contributed by atoms with E-state index in [1.807, 2.05) is 0 Å². The van der Waals surface area contributed by atoms with Crippen LogP contribution in [-0.2, 0) is 0 Å². The van der Waals surface area contributed by atoms with Gasteiger partial charge in [0.05, 0.1) is 11.4 Å². The van der Waals surface area contributed by atoms with Crippen LogP contribution in [0.15, 0.2) is 34.3 Å². The monoisotopic (exact) mass is 302 g/mol. The summed E-state index contributed by atoms with van der Waals surface area (Å²) in [4.78, 5) is 8.97. The Labute approximate surface area is 139 Å². The van der Waals surface area contributed by atoms with Gasteiger partial charge in [-0.05, 0) is 63.8 Å². The molecule has 0 atom stereocenters. The molecule has 1 aliphatic rings. The van der Waals surface area contributed by atoms with Crippen LogP contribution >= 0.6 is 0 Å². The van der Waals surface area contributed by atoms with Gasteiger partial charge >= 0.3 is 0 Å². The Bertz CT molecular complexity index is 737. The number of hydrogen-bond donors (Lipinski definition) is 0. The molecule has 0 unspecified atom stereocenters. The van der Waals surface area contributed by atoms with E-state index in [2.05, 4.69) is 82.5 Å². The Morgan fingerprint density at radius 3 is 1.17 bits per heavy atom. The molecule has 23 heavy (non-hydrogen) atoms. The van der Waals surface area contributed by atoms with E-state index in [9.17, 15) is 0 Å². The van der Waals surface area contributed by atoms with Crippen molar-refractivity contribution in [1.29, 1.82) is 0 Å². The number of nitrogens with zero attached hydrogens (tertiary/aromatic N) is 2. The summed E-state index contributed by atoms with van der Waals surface area (Å²) in [6.07, 6.45) is 0. The summed E-state index contributed by atoms with van der Waals surface area (Å²) in [5.41, 5.74) is 11.7. The average Bonchev–Trinajstić information content (AvgIpc) is 2.85. The first-order valence-electron chi connectivity index (χ1n) is 7.95. The van der Waals surface area contributed by atoms with E-state index in [4.69, 9.17) is 0 Å². The first-order valence-corrected chi connectivity index (χ1v) is 7.95. The molecule has 2 aromatic carbocycles. The smallest absolute Gasteiger partial charge is 0.243 e. The summed E-state index contributed by atoms with van der Waals surface area (Å²) in [6.45, 7) is 15.7. The molecule has 0 aromatic heterocycles. The third kappa shape index (κ3) is 2.74. The summed E-state index contributed by atoms with van der Waals surface area (Å²) in [7, 11) is 0. The quantitative estimate of drug-likeness (QED) is 0.759. The number of benzene rings is 2. The van der Waals surface area contributed by atoms with E-state index < -0.39 is 0 Å². The molecule has 1 heterocycles. The Hall–Kier alpha value is -2.22. The van der Waals surface area contributed by atoms with Crippen LogP contribution in [0, 0.1) is 48.2 Å². The Morgan fingerprint density at radius 2 is 0.870 bits per heavy atom. The maximum atomic E-state index is 4.48. The molecule has 0 saturated carbocycles. The first kappa shape index (κ1) is 15.7. The fourth-order valence-corrected chi connectivity index (χ4v) is 3.69. The summed E-state index contributed by atoms with van der Waals surface area (Å²) < 4.78 is 0. The number of aliphatic imine (C=N–C) groups is 2. The highest BCUT2D eigenvalue weighted by Gasteiger charge is 2.24. The van der Waals surface area contributed by atoms with E-state index in [-0.39, 0.29) is 0 Å². The summed E-state index contributed by atoms with van der Waals surface area (Å²) in [5.74, 6) is 0. The van der Waals surface area contributed by atoms with Crippen molar-refractivity contribution in [2.75, 3.05) is 0 Å². The molecule has 2 nitrogen and oxygen atoms in total. The van der Waals surface area contributed by atoms with E-state index >= 15 is 0 Å². The zero-order chi connectivity index (χ0) is 16.7. The van der Waals surface area contributed by atoms with Crippen LogP contribution in [0.3, 0.4) is 0 Å². The lowest BCUT2D eigenvalue weighted by Gasteiger charge is -2.16. The van der Waals surface area contributed by atoms with Gasteiger partial charge in [0.25, 0.3) is 6.67 Å². The van der Waals surface area contributed by atoms with Crippen molar-refractivity contribution in [1.82, 2.24) is 0 Å². The molecule has 0 fully saturated rings. The zero-order valence-electron chi connectivity index (χ0n) is 14.7. The molecule has 2 radical (unpaired) electrons. The van der Waals surface area contributed by atoms with E-state index in [0.717, 1.165) is 11.4 Å². The highest BCUT2D eigenvalue weighted by molar-refractivity contribution is 6.55. The van der Waals surface area contributed by atoms with Gasteiger partial charge in [-0.1, -0.05) is 35.4 Å². The number of aryl methyl sites for hydroxylation is 6. The normalized spacial score (nSPS) is 14.0. The van der Waals surface area contributed by atoms with Gasteiger partial charge in [0.2, 0.25) is 0 Å². The molecule has 0 N–H and O–H groups in total. The fraction of sp³-hybridized carbons (Fsp3) is 0.286. The van der Waals surface area contributed by atoms with Crippen molar-refractivity contribution in [3.8, 4) is 0 Å². The van der Waals surface area contributed by atoms with Crippen molar-refractivity contribution in [3.05, 3.63) is 75.4 Å². The lowest BCUT2D eigenvalue weighted by Crippen LogP contribution is -2.19. The Kier molecular flexibility index (Phi) is 3.93. The Balaban J connectivity index is 2.16. The van der Waals surface area contributed by atoms with Crippen LogP contribution < -0.4 is 0 Å². The van der Waals surface area contributed by atoms with Crippen molar-refractivity contribution >= 4 is 11.4 Å².